The Labute approximate surface area is 201 Å². The second-order valence-corrected chi connectivity index (χ2v) is 8.56. The number of benzene rings is 3. The molecule has 4 aromatic rings. The van der Waals surface area contributed by atoms with Gasteiger partial charge in [-0.1, -0.05) is 60.7 Å². The molecular formula is C29H20N2O4. The Morgan fingerprint density at radius 2 is 1.51 bits per heavy atom. The number of hydrogen-bond acceptors (Lipinski definition) is 5. The van der Waals surface area contributed by atoms with Gasteiger partial charge < -0.3 is 4.74 Å². The van der Waals surface area contributed by atoms with Gasteiger partial charge in [-0.2, -0.15) is 0 Å². The van der Waals surface area contributed by atoms with Gasteiger partial charge >= 0.3 is 5.97 Å². The average Bonchev–Trinajstić information content (AvgIpc) is 3.39. The lowest BCUT2D eigenvalue weighted by molar-refractivity contribution is 0.0229. The van der Waals surface area contributed by atoms with Gasteiger partial charge in [0.25, 0.3) is 11.8 Å². The molecule has 0 radical (unpaired) electrons. The Hall–Kier alpha value is -4.58. The molecule has 0 unspecified atom stereocenters. The maximum atomic E-state index is 13.4. The number of imide groups is 1. The molecule has 0 saturated heterocycles. The van der Waals surface area contributed by atoms with E-state index in [0.29, 0.717) is 34.0 Å². The summed E-state index contributed by atoms with van der Waals surface area (Å²) in [6.45, 7) is -0.441. The summed E-state index contributed by atoms with van der Waals surface area (Å²) in [5.74, 6) is -1.50. The first-order valence-corrected chi connectivity index (χ1v) is 11.4. The van der Waals surface area contributed by atoms with Gasteiger partial charge in [0.2, 0.25) is 0 Å². The van der Waals surface area contributed by atoms with Crippen LogP contribution in [0.1, 0.15) is 54.3 Å². The maximum absolute atomic E-state index is 13.4. The molecule has 2 aliphatic rings. The van der Waals surface area contributed by atoms with Gasteiger partial charge in [0.15, 0.2) is 6.73 Å². The van der Waals surface area contributed by atoms with Crippen LogP contribution in [-0.2, 0) is 11.2 Å². The predicted octanol–water partition coefficient (Wildman–Crippen LogP) is 5.13. The first kappa shape index (κ1) is 21.0. The number of carbonyl (C=O) groups is 3. The minimum Gasteiger partial charge on any atom is -0.440 e. The molecule has 3 aromatic carbocycles. The van der Waals surface area contributed by atoms with Crippen molar-refractivity contribution in [1.29, 1.82) is 0 Å². The zero-order valence-corrected chi connectivity index (χ0v) is 18.7. The Balaban J connectivity index is 1.35. The Bertz CT molecular complexity index is 1520. The van der Waals surface area contributed by atoms with E-state index in [1.54, 1.807) is 24.3 Å². The molecule has 35 heavy (non-hydrogen) atoms. The van der Waals surface area contributed by atoms with Crippen LogP contribution in [0, 0.1) is 0 Å². The fraction of sp³-hybridized carbons (Fsp3) is 0.103. The summed E-state index contributed by atoms with van der Waals surface area (Å²) in [5.41, 5.74) is 5.53. The molecule has 170 valence electrons. The van der Waals surface area contributed by atoms with Crippen molar-refractivity contribution in [1.82, 2.24) is 9.88 Å². The SMILES string of the molecule is O=C(OCN1C(=O)c2ccccc2C1=O)c1c2c(nc3ccccc13)/C(=C/c1ccccc1)CC2. The normalized spacial score (nSPS) is 15.5. The van der Waals surface area contributed by atoms with Gasteiger partial charge in [-0.15, -0.1) is 0 Å². The molecule has 0 atom stereocenters. The lowest BCUT2D eigenvalue weighted by Crippen LogP contribution is -2.33. The molecule has 0 N–H and O–H groups in total. The Morgan fingerprint density at radius 1 is 0.857 bits per heavy atom. The van der Waals surface area contributed by atoms with E-state index in [0.717, 1.165) is 33.7 Å². The first-order valence-electron chi connectivity index (χ1n) is 11.4. The number of pyridine rings is 1. The van der Waals surface area contributed by atoms with E-state index in [2.05, 4.69) is 6.08 Å². The van der Waals surface area contributed by atoms with Gasteiger partial charge in [0.05, 0.1) is 27.9 Å². The fourth-order valence-electron chi connectivity index (χ4n) is 4.81. The highest BCUT2D eigenvalue weighted by Crippen LogP contribution is 2.38. The average molecular weight is 460 g/mol. The van der Waals surface area contributed by atoms with E-state index >= 15 is 0 Å². The third-order valence-corrected chi connectivity index (χ3v) is 6.49. The highest BCUT2D eigenvalue weighted by molar-refractivity contribution is 6.21. The number of allylic oxidation sites excluding steroid dienone is 1. The third-order valence-electron chi connectivity index (χ3n) is 6.49. The molecule has 6 nitrogen and oxygen atoms in total. The Kier molecular flexibility index (Phi) is 4.99. The van der Waals surface area contributed by atoms with Crippen molar-refractivity contribution in [2.75, 3.05) is 6.73 Å². The number of aromatic nitrogens is 1. The highest BCUT2D eigenvalue weighted by Gasteiger charge is 2.36. The van der Waals surface area contributed by atoms with Gasteiger partial charge in [-0.25, -0.2) is 14.7 Å². The monoisotopic (exact) mass is 460 g/mol. The molecule has 2 heterocycles. The minimum absolute atomic E-state index is 0.319. The van der Waals surface area contributed by atoms with Gasteiger partial charge in [-0.05, 0) is 53.8 Å². The van der Waals surface area contributed by atoms with E-state index in [9.17, 15) is 14.4 Å². The predicted molar refractivity (Wildman–Crippen MR) is 132 cm³/mol. The summed E-state index contributed by atoms with van der Waals surface area (Å²) in [5, 5.41) is 0.694. The molecule has 0 bridgehead atoms. The molecular weight excluding hydrogens is 440 g/mol. The maximum Gasteiger partial charge on any atom is 0.340 e. The van der Waals surface area contributed by atoms with Crippen LogP contribution in [0.25, 0.3) is 22.6 Å². The minimum atomic E-state index is -0.572. The van der Waals surface area contributed by atoms with Crippen molar-refractivity contribution in [3.63, 3.8) is 0 Å². The lowest BCUT2D eigenvalue weighted by atomic mass is 10.0. The quantitative estimate of drug-likeness (QED) is 0.312. The van der Waals surface area contributed by atoms with Crippen LogP contribution in [0.2, 0.25) is 0 Å². The van der Waals surface area contributed by atoms with Crippen molar-refractivity contribution in [3.8, 4) is 0 Å². The molecule has 1 aromatic heterocycles. The summed E-state index contributed by atoms with van der Waals surface area (Å²) >= 11 is 0. The van der Waals surface area contributed by atoms with Crippen molar-refractivity contribution in [3.05, 3.63) is 112 Å². The summed E-state index contributed by atoms with van der Waals surface area (Å²) in [6, 6.07) is 24.1. The van der Waals surface area contributed by atoms with Gasteiger partial charge in [-0.3, -0.25) is 9.59 Å². The molecule has 0 saturated carbocycles. The van der Waals surface area contributed by atoms with Crippen LogP contribution in [0.4, 0.5) is 0 Å². The van der Waals surface area contributed by atoms with E-state index in [1.165, 1.54) is 0 Å². The van der Waals surface area contributed by atoms with Crippen molar-refractivity contribution in [2.45, 2.75) is 12.8 Å². The smallest absolute Gasteiger partial charge is 0.340 e. The molecule has 1 aliphatic carbocycles. The van der Waals surface area contributed by atoms with Crippen LogP contribution in [0.3, 0.4) is 0 Å². The summed E-state index contributed by atoms with van der Waals surface area (Å²) < 4.78 is 5.57. The topological polar surface area (TPSA) is 76.6 Å². The second kappa shape index (κ2) is 8.33. The number of carbonyl (C=O) groups excluding carboxylic acids is 3. The van der Waals surface area contributed by atoms with Gasteiger partial charge in [0.1, 0.15) is 0 Å². The summed E-state index contributed by atoms with van der Waals surface area (Å²) in [7, 11) is 0. The summed E-state index contributed by atoms with van der Waals surface area (Å²) in [4.78, 5) is 44.6. The number of fused-ring (bicyclic) bond motifs is 3. The zero-order chi connectivity index (χ0) is 23.9. The second-order valence-electron chi connectivity index (χ2n) is 8.56. The number of ether oxygens (including phenoxy) is 1. The van der Waals surface area contributed by atoms with Crippen LogP contribution < -0.4 is 0 Å². The number of amides is 2. The van der Waals surface area contributed by atoms with Crippen molar-refractivity contribution in [2.24, 2.45) is 0 Å². The highest BCUT2D eigenvalue weighted by atomic mass is 16.5. The molecule has 6 heteroatoms. The van der Waals surface area contributed by atoms with Crippen LogP contribution >= 0.6 is 0 Å². The molecule has 1 aliphatic heterocycles. The number of hydrogen-bond donors (Lipinski definition) is 0. The lowest BCUT2D eigenvalue weighted by Gasteiger charge is -2.16. The molecule has 2 amide bonds. The number of nitrogens with zero attached hydrogens (tertiary/aromatic N) is 2. The summed E-state index contributed by atoms with van der Waals surface area (Å²) in [6.07, 6.45) is 3.51. The van der Waals surface area contributed by atoms with Gasteiger partial charge in [0, 0.05) is 5.39 Å². The van der Waals surface area contributed by atoms with Crippen LogP contribution in [0.5, 0.6) is 0 Å². The van der Waals surface area contributed by atoms with Crippen molar-refractivity contribution < 1.29 is 19.1 Å². The van der Waals surface area contributed by atoms with E-state index in [4.69, 9.17) is 9.72 Å². The Morgan fingerprint density at radius 3 is 2.26 bits per heavy atom. The standard InChI is InChI=1S/C29H20N2O4/c32-27-20-10-4-5-11-21(20)28(33)31(27)17-35-29(34)25-22-12-6-7-13-24(22)30-26-19(14-15-23(25)26)16-18-8-2-1-3-9-18/h1-13,16H,14-15,17H2/b19-16+. The van der Waals surface area contributed by atoms with E-state index < -0.39 is 24.5 Å². The van der Waals surface area contributed by atoms with E-state index in [-0.39, 0.29) is 0 Å². The third kappa shape index (κ3) is 3.51. The molecule has 0 spiro atoms. The first-order chi connectivity index (χ1) is 17.1. The molecule has 0 fully saturated rings. The number of para-hydroxylation sites is 1. The van der Waals surface area contributed by atoms with Crippen molar-refractivity contribution >= 4 is 40.3 Å². The largest absolute Gasteiger partial charge is 0.440 e. The van der Waals surface area contributed by atoms with E-state index in [1.807, 2.05) is 54.6 Å². The fourth-order valence-corrected chi connectivity index (χ4v) is 4.81. The zero-order valence-electron chi connectivity index (χ0n) is 18.7. The van der Waals surface area contributed by atoms with Crippen LogP contribution in [0.15, 0.2) is 78.9 Å². The number of rotatable bonds is 4. The number of esters is 1. The van der Waals surface area contributed by atoms with Crippen LogP contribution in [-0.4, -0.2) is 34.4 Å². The molecule has 6 rings (SSSR count).